The molecule has 3 atom stereocenters. The lowest BCUT2D eigenvalue weighted by Gasteiger charge is -2.30. The third-order valence-corrected chi connectivity index (χ3v) is 7.74. The number of hydrogen-bond acceptors (Lipinski definition) is 7. The summed E-state index contributed by atoms with van der Waals surface area (Å²) >= 11 is 1.41. The van der Waals surface area contributed by atoms with Gasteiger partial charge in [-0.3, -0.25) is 14.4 Å². The number of ether oxygens (including phenoxy) is 2. The van der Waals surface area contributed by atoms with Crippen molar-refractivity contribution in [2.24, 2.45) is 5.41 Å². The average molecular weight is 480 g/mol. The summed E-state index contributed by atoms with van der Waals surface area (Å²) in [6.07, 6.45) is 5.22. The largest absolute Gasteiger partial charge is 0.383 e. The molecule has 184 valence electrons. The topological polar surface area (TPSA) is 106 Å². The van der Waals surface area contributed by atoms with Crippen LogP contribution in [0.15, 0.2) is 12.1 Å². The third kappa shape index (κ3) is 7.09. The molecule has 2 heterocycles. The minimum absolute atomic E-state index is 0.00150. The molecule has 1 aliphatic carbocycles. The Morgan fingerprint density at radius 3 is 2.76 bits per heavy atom. The summed E-state index contributed by atoms with van der Waals surface area (Å²) in [6.45, 7) is 6.15. The lowest BCUT2D eigenvalue weighted by atomic mass is 9.81. The van der Waals surface area contributed by atoms with Gasteiger partial charge in [0.05, 0.1) is 17.6 Å². The van der Waals surface area contributed by atoms with E-state index in [-0.39, 0.29) is 35.7 Å². The molecule has 0 bridgehead atoms. The first kappa shape index (κ1) is 25.8. The van der Waals surface area contributed by atoms with Crippen molar-refractivity contribution >= 4 is 28.9 Å². The Labute approximate surface area is 200 Å². The van der Waals surface area contributed by atoms with Gasteiger partial charge in [0.1, 0.15) is 18.7 Å². The van der Waals surface area contributed by atoms with Gasteiger partial charge >= 0.3 is 0 Å². The van der Waals surface area contributed by atoms with Crippen molar-refractivity contribution in [3.63, 3.8) is 0 Å². The number of carbonyl (C=O) groups is 3. The van der Waals surface area contributed by atoms with Crippen LogP contribution in [0.2, 0.25) is 0 Å². The molecule has 8 nitrogen and oxygen atoms in total. The van der Waals surface area contributed by atoms with Crippen molar-refractivity contribution in [1.29, 1.82) is 0 Å². The Hall–Kier alpha value is -1.81. The zero-order valence-electron chi connectivity index (χ0n) is 19.9. The van der Waals surface area contributed by atoms with E-state index in [0.29, 0.717) is 30.9 Å². The molecule has 1 unspecified atom stereocenters. The molecule has 0 spiro atoms. The van der Waals surface area contributed by atoms with Crippen molar-refractivity contribution in [3.05, 3.63) is 21.9 Å². The molecule has 1 saturated heterocycles. The molecule has 2 fully saturated rings. The molecule has 33 heavy (non-hydrogen) atoms. The van der Waals surface area contributed by atoms with E-state index in [2.05, 4.69) is 22.9 Å². The van der Waals surface area contributed by atoms with Crippen LogP contribution in [0.5, 0.6) is 0 Å². The van der Waals surface area contributed by atoms with Crippen LogP contribution >= 0.6 is 11.3 Å². The van der Waals surface area contributed by atoms with Crippen LogP contribution in [0, 0.1) is 5.41 Å². The quantitative estimate of drug-likeness (QED) is 0.398. The van der Waals surface area contributed by atoms with E-state index in [1.807, 2.05) is 13.0 Å². The summed E-state index contributed by atoms with van der Waals surface area (Å²) in [5.41, 5.74) is 0.00150. The highest BCUT2D eigenvalue weighted by molar-refractivity contribution is 7.14. The van der Waals surface area contributed by atoms with Gasteiger partial charge in [-0.1, -0.05) is 26.7 Å². The summed E-state index contributed by atoms with van der Waals surface area (Å²) in [6, 6.07) is 2.37. The molecule has 3 rings (SSSR count). The third-order valence-electron chi connectivity index (χ3n) is 6.66. The minimum atomic E-state index is -0.697. The van der Waals surface area contributed by atoms with Crippen LogP contribution in [0.1, 0.15) is 66.9 Å². The molecular weight excluding hydrogens is 442 g/mol. The second-order valence-electron chi connectivity index (χ2n) is 9.39. The smallest absolute Gasteiger partial charge is 0.262 e. The first-order valence-electron chi connectivity index (χ1n) is 11.9. The predicted octanol–water partition coefficient (Wildman–Crippen LogP) is 2.42. The summed E-state index contributed by atoms with van der Waals surface area (Å²) in [7, 11) is 1.66. The number of rotatable bonds is 12. The monoisotopic (exact) mass is 479 g/mol. The van der Waals surface area contributed by atoms with E-state index in [4.69, 9.17) is 9.47 Å². The number of amides is 2. The highest BCUT2D eigenvalue weighted by Gasteiger charge is 2.40. The number of hydrogen-bond donors (Lipinski definition) is 3. The maximum absolute atomic E-state index is 13.3. The fourth-order valence-electron chi connectivity index (χ4n) is 4.71. The molecule has 1 saturated carbocycles. The first-order chi connectivity index (χ1) is 15.8. The van der Waals surface area contributed by atoms with Crippen molar-refractivity contribution in [2.75, 3.05) is 26.9 Å². The average Bonchev–Trinajstić information content (AvgIpc) is 3.52. The molecule has 3 N–H and O–H groups in total. The molecule has 0 aromatic carbocycles. The summed E-state index contributed by atoms with van der Waals surface area (Å²) in [5.74, 6) is -0.682. The van der Waals surface area contributed by atoms with E-state index < -0.39 is 12.1 Å². The summed E-state index contributed by atoms with van der Waals surface area (Å²) in [4.78, 5) is 40.1. The zero-order chi connectivity index (χ0) is 23.8. The number of carbonyl (C=O) groups excluding carboxylic acids is 3. The minimum Gasteiger partial charge on any atom is -0.383 e. The second-order valence-corrected chi connectivity index (χ2v) is 10.6. The van der Waals surface area contributed by atoms with Gasteiger partial charge in [0.15, 0.2) is 5.78 Å². The lowest BCUT2D eigenvalue weighted by Crippen LogP contribution is -2.54. The van der Waals surface area contributed by atoms with Gasteiger partial charge in [0.2, 0.25) is 5.91 Å². The van der Waals surface area contributed by atoms with Crippen LogP contribution in [0.3, 0.4) is 0 Å². The van der Waals surface area contributed by atoms with E-state index in [9.17, 15) is 14.4 Å². The maximum atomic E-state index is 13.3. The number of ketones is 1. The Kier molecular flexibility index (Phi) is 9.43. The lowest BCUT2D eigenvalue weighted by molar-refractivity contribution is -0.128. The van der Waals surface area contributed by atoms with Gasteiger partial charge in [-0.2, -0.15) is 0 Å². The Bertz CT molecular complexity index is 821. The summed E-state index contributed by atoms with van der Waals surface area (Å²) < 4.78 is 10.5. The van der Waals surface area contributed by atoms with E-state index >= 15 is 0 Å². The predicted molar refractivity (Wildman–Crippen MR) is 127 cm³/mol. The van der Waals surface area contributed by atoms with Crippen molar-refractivity contribution in [2.45, 2.75) is 77.1 Å². The van der Waals surface area contributed by atoms with E-state index in [0.717, 1.165) is 37.1 Å². The Balaban J connectivity index is 1.66. The number of thiophene rings is 1. The van der Waals surface area contributed by atoms with Gasteiger partial charge in [0.25, 0.3) is 5.91 Å². The molecule has 1 aromatic heterocycles. The van der Waals surface area contributed by atoms with Gasteiger partial charge in [0, 0.05) is 25.1 Å². The van der Waals surface area contributed by atoms with Gasteiger partial charge in [-0.25, -0.2) is 0 Å². The van der Waals surface area contributed by atoms with Gasteiger partial charge < -0.3 is 25.4 Å². The maximum Gasteiger partial charge on any atom is 0.262 e. The SMILES string of the molecule is CC[C@@H]1OCC(=O)C1NC(=O)[C@H](CC1(C)CCCC1)NC(=O)c1ccc(CNCCOC)s1. The van der Waals surface area contributed by atoms with Crippen LogP contribution in [0.25, 0.3) is 0 Å². The highest BCUT2D eigenvalue weighted by atomic mass is 32.1. The molecule has 2 amide bonds. The van der Waals surface area contributed by atoms with Crippen molar-refractivity contribution < 1.29 is 23.9 Å². The second kappa shape index (κ2) is 12.1. The van der Waals surface area contributed by atoms with Gasteiger partial charge in [-0.15, -0.1) is 11.3 Å². The molecule has 0 radical (unpaired) electrons. The van der Waals surface area contributed by atoms with Crippen LogP contribution in [-0.4, -0.2) is 62.7 Å². The number of nitrogens with one attached hydrogen (secondary N) is 3. The highest BCUT2D eigenvalue weighted by Crippen LogP contribution is 2.41. The number of Topliss-reactive ketones (excluding diaryl/α,β-unsaturated/α-hetero) is 1. The van der Waals surface area contributed by atoms with Gasteiger partial charge in [-0.05, 0) is 43.2 Å². The number of methoxy groups -OCH3 is 1. The first-order valence-corrected chi connectivity index (χ1v) is 12.7. The molecule has 9 heteroatoms. The molecular formula is C24H37N3O5S. The Morgan fingerprint density at radius 1 is 1.30 bits per heavy atom. The normalized spacial score (nSPS) is 22.9. The van der Waals surface area contributed by atoms with E-state index in [1.54, 1.807) is 13.2 Å². The van der Waals surface area contributed by atoms with E-state index in [1.165, 1.54) is 11.3 Å². The molecule has 1 aliphatic heterocycles. The Morgan fingerprint density at radius 2 is 2.06 bits per heavy atom. The fourth-order valence-corrected chi connectivity index (χ4v) is 5.59. The van der Waals surface area contributed by atoms with Crippen LogP contribution in [-0.2, 0) is 25.6 Å². The molecule has 1 aromatic rings. The van der Waals surface area contributed by atoms with Crippen LogP contribution in [0.4, 0.5) is 0 Å². The zero-order valence-corrected chi connectivity index (χ0v) is 20.7. The van der Waals surface area contributed by atoms with Crippen molar-refractivity contribution in [1.82, 2.24) is 16.0 Å². The summed E-state index contributed by atoms with van der Waals surface area (Å²) in [5, 5.41) is 9.11. The standard InChI is InChI=1S/C24H37N3O5S/c1-4-19-21(18(28)15-32-19)27-22(29)17(13-24(2)9-5-6-10-24)26-23(30)20-8-7-16(33-20)14-25-11-12-31-3/h7-8,17,19,21,25H,4-6,9-15H2,1-3H3,(H,26,30)(H,27,29)/t17-,19-,21?/m0/s1. The molecule has 2 aliphatic rings. The fraction of sp³-hybridized carbons (Fsp3) is 0.708. The van der Waals surface area contributed by atoms with Crippen LogP contribution < -0.4 is 16.0 Å². The van der Waals surface area contributed by atoms with Crippen molar-refractivity contribution in [3.8, 4) is 0 Å².